The highest BCUT2D eigenvalue weighted by Gasteiger charge is 2.65. The summed E-state index contributed by atoms with van der Waals surface area (Å²) in [5.74, 6) is -0.757. The highest BCUT2D eigenvalue weighted by Crippen LogP contribution is 3.02. The van der Waals surface area contributed by atoms with E-state index in [0.717, 1.165) is 0 Å². The summed E-state index contributed by atoms with van der Waals surface area (Å²) in [5.41, 5.74) is -0.437. The largest absolute Gasteiger partial charge is 0.506 e. The van der Waals surface area contributed by atoms with Crippen LogP contribution in [0.5, 0.6) is 5.75 Å². The molecule has 1 saturated heterocycles. The third-order valence-corrected chi connectivity index (χ3v) is 6.09. The zero-order chi connectivity index (χ0) is 21.7. The summed E-state index contributed by atoms with van der Waals surface area (Å²) in [4.78, 5) is 14.8. The molecule has 2 heterocycles. The predicted molar refractivity (Wildman–Crippen MR) is 101 cm³/mol. The van der Waals surface area contributed by atoms with Crippen LogP contribution < -0.4 is 5.32 Å². The van der Waals surface area contributed by atoms with Crippen molar-refractivity contribution in [3.05, 3.63) is 43.3 Å². The maximum atomic E-state index is 13.0. The van der Waals surface area contributed by atoms with Gasteiger partial charge in [-0.15, -0.1) is 0 Å². The van der Waals surface area contributed by atoms with E-state index in [1.165, 1.54) is 6.08 Å². The van der Waals surface area contributed by atoms with Gasteiger partial charge in [0.25, 0.3) is 0 Å². The lowest BCUT2D eigenvalue weighted by atomic mass is 10.1. The standard InChI is InChI=1S/C17H21F5N4O2S/c1-3-17(28)25-10-12(11-25)26-7-6-24(2)16(26)9-23-14-8-13(4-5-15(14)27)29(18,19,20,21)22/h3-8,12,16,23,27H,1,9-11H2,2H3. The first kappa shape index (κ1) is 21.1. The minimum Gasteiger partial charge on any atom is -0.506 e. The van der Waals surface area contributed by atoms with Gasteiger partial charge in [0, 0.05) is 32.5 Å². The van der Waals surface area contributed by atoms with Gasteiger partial charge >= 0.3 is 10.2 Å². The molecule has 12 heteroatoms. The van der Waals surface area contributed by atoms with Crippen molar-refractivity contribution in [2.75, 3.05) is 32.0 Å². The van der Waals surface area contributed by atoms with E-state index in [2.05, 4.69) is 11.9 Å². The van der Waals surface area contributed by atoms with Crippen molar-refractivity contribution < 1.29 is 29.3 Å². The van der Waals surface area contributed by atoms with Gasteiger partial charge in [0.15, 0.2) is 0 Å². The van der Waals surface area contributed by atoms with Crippen molar-refractivity contribution in [3.63, 3.8) is 0 Å². The van der Waals surface area contributed by atoms with E-state index in [1.54, 1.807) is 29.2 Å². The molecule has 2 aliphatic heterocycles. The second-order valence-electron chi connectivity index (χ2n) is 7.02. The van der Waals surface area contributed by atoms with Crippen LogP contribution in [0.2, 0.25) is 0 Å². The van der Waals surface area contributed by atoms with Crippen LogP contribution in [0, 0.1) is 0 Å². The number of rotatable bonds is 6. The number of halogens is 5. The smallest absolute Gasteiger partial charge is 0.310 e. The number of nitrogens with zero attached hydrogens (tertiary/aromatic N) is 3. The molecular weight excluding hydrogens is 419 g/mol. The molecule has 2 N–H and O–H groups in total. The average molecular weight is 440 g/mol. The maximum absolute atomic E-state index is 13.0. The van der Waals surface area contributed by atoms with Crippen LogP contribution in [0.15, 0.2) is 48.1 Å². The first-order valence-electron chi connectivity index (χ1n) is 8.59. The Labute approximate surface area is 164 Å². The molecule has 0 radical (unpaired) electrons. The lowest BCUT2D eigenvalue weighted by Gasteiger charge is -2.46. The highest BCUT2D eigenvalue weighted by molar-refractivity contribution is 8.45. The number of hydrogen-bond donors (Lipinski definition) is 2. The van der Waals surface area contributed by atoms with E-state index in [1.807, 2.05) is 4.90 Å². The molecule has 0 bridgehead atoms. The van der Waals surface area contributed by atoms with Crippen LogP contribution in [0.3, 0.4) is 0 Å². The van der Waals surface area contributed by atoms with Crippen LogP contribution in [-0.2, 0) is 4.79 Å². The number of aromatic hydroxyl groups is 1. The molecule has 1 unspecified atom stereocenters. The van der Waals surface area contributed by atoms with Crippen molar-refractivity contribution in [1.82, 2.24) is 14.7 Å². The SMILES string of the molecule is C=CC(=O)N1CC(N2C=CN(C)C2CNc2cc(S(F)(F)(F)(F)F)ccc2O)C1. The molecule has 29 heavy (non-hydrogen) atoms. The van der Waals surface area contributed by atoms with Gasteiger partial charge in [0.05, 0.1) is 18.3 Å². The molecule has 3 rings (SSSR count). The van der Waals surface area contributed by atoms with E-state index in [0.29, 0.717) is 19.2 Å². The Morgan fingerprint density at radius 3 is 2.52 bits per heavy atom. The van der Waals surface area contributed by atoms with E-state index in [-0.39, 0.29) is 36.8 Å². The second-order valence-corrected chi connectivity index (χ2v) is 9.43. The molecule has 162 valence electrons. The fourth-order valence-corrected chi connectivity index (χ4v) is 3.92. The molecule has 2 aliphatic rings. The molecule has 0 spiro atoms. The van der Waals surface area contributed by atoms with Gasteiger partial charge in [-0.25, -0.2) is 0 Å². The molecule has 0 aliphatic carbocycles. The van der Waals surface area contributed by atoms with Gasteiger partial charge in [-0.3, -0.25) is 4.79 Å². The third-order valence-electron chi connectivity index (χ3n) is 4.95. The van der Waals surface area contributed by atoms with E-state index < -0.39 is 26.6 Å². The molecule has 1 aromatic carbocycles. The Morgan fingerprint density at radius 2 is 1.93 bits per heavy atom. The number of benzene rings is 1. The van der Waals surface area contributed by atoms with E-state index in [9.17, 15) is 29.3 Å². The Bertz CT molecular complexity index is 871. The summed E-state index contributed by atoms with van der Waals surface area (Å²) in [6.07, 6.45) is 4.42. The van der Waals surface area contributed by atoms with Gasteiger partial charge in [-0.05, 0) is 24.3 Å². The quantitative estimate of drug-likeness (QED) is 0.399. The number of nitrogens with one attached hydrogen (secondary N) is 1. The molecule has 0 saturated carbocycles. The lowest BCUT2D eigenvalue weighted by Crippen LogP contribution is -2.62. The molecular formula is C17H21F5N4O2S. The predicted octanol–water partition coefficient (Wildman–Crippen LogP) is 3.90. The van der Waals surface area contributed by atoms with Crippen molar-refractivity contribution in [1.29, 1.82) is 0 Å². The monoisotopic (exact) mass is 440 g/mol. The van der Waals surface area contributed by atoms with Gasteiger partial charge in [0.2, 0.25) is 5.91 Å². The summed E-state index contributed by atoms with van der Waals surface area (Å²) in [7, 11) is -8.11. The summed E-state index contributed by atoms with van der Waals surface area (Å²) < 4.78 is 65.2. The third kappa shape index (κ3) is 4.36. The summed E-state index contributed by atoms with van der Waals surface area (Å²) >= 11 is 0. The summed E-state index contributed by atoms with van der Waals surface area (Å²) in [5, 5.41) is 12.4. The Morgan fingerprint density at radius 1 is 1.28 bits per heavy atom. The lowest BCUT2D eigenvalue weighted by molar-refractivity contribution is -0.133. The van der Waals surface area contributed by atoms with Crippen molar-refractivity contribution >= 4 is 21.8 Å². The first-order chi connectivity index (χ1) is 13.2. The second kappa shape index (κ2) is 6.18. The molecule has 1 atom stereocenters. The molecule has 6 nitrogen and oxygen atoms in total. The topological polar surface area (TPSA) is 59.1 Å². The normalized spacial score (nSPS) is 22.1. The summed E-state index contributed by atoms with van der Waals surface area (Å²) in [6.45, 7) is 4.40. The molecule has 1 aromatic rings. The van der Waals surface area contributed by atoms with Crippen LogP contribution in [0.1, 0.15) is 0 Å². The fraction of sp³-hybridized carbons (Fsp3) is 0.353. The van der Waals surface area contributed by atoms with Gasteiger partial charge in [-0.1, -0.05) is 26.0 Å². The molecule has 1 fully saturated rings. The van der Waals surface area contributed by atoms with Crippen molar-refractivity contribution in [2.24, 2.45) is 0 Å². The number of amides is 1. The minimum atomic E-state index is -9.86. The van der Waals surface area contributed by atoms with Crippen LogP contribution in [-0.4, -0.2) is 64.6 Å². The molecule has 1 amide bonds. The maximum Gasteiger partial charge on any atom is 0.310 e. The number of hydrogen-bond acceptors (Lipinski definition) is 5. The van der Waals surface area contributed by atoms with Crippen LogP contribution >= 0.6 is 10.2 Å². The van der Waals surface area contributed by atoms with Crippen molar-refractivity contribution in [2.45, 2.75) is 17.1 Å². The van der Waals surface area contributed by atoms with Gasteiger partial charge < -0.3 is 25.1 Å². The van der Waals surface area contributed by atoms with Crippen LogP contribution in [0.4, 0.5) is 25.1 Å². The number of carbonyl (C=O) groups excluding carboxylic acids is 1. The Hall–Kier alpha value is -2.63. The van der Waals surface area contributed by atoms with E-state index in [4.69, 9.17) is 0 Å². The highest BCUT2D eigenvalue weighted by atomic mass is 32.5. The molecule has 0 aromatic heterocycles. The van der Waals surface area contributed by atoms with Crippen molar-refractivity contribution in [3.8, 4) is 5.75 Å². The number of likely N-dealkylation sites (tertiary alicyclic amines) is 1. The zero-order valence-corrected chi connectivity index (χ0v) is 16.3. The van der Waals surface area contributed by atoms with E-state index >= 15 is 0 Å². The minimum absolute atomic E-state index is 0.00322. The number of likely N-dealkylation sites (N-methyl/N-ethyl adjacent to an activating group) is 1. The number of anilines is 1. The Balaban J connectivity index is 1.71. The number of carbonyl (C=O) groups is 1. The Kier molecular flexibility index (Phi) is 4.50. The summed E-state index contributed by atoms with van der Waals surface area (Å²) in [6, 6.07) is 0.972. The number of phenols is 1. The average Bonchev–Trinajstić information content (AvgIpc) is 2.91. The van der Waals surface area contributed by atoms with Gasteiger partial charge in [-0.2, -0.15) is 0 Å². The first-order valence-corrected chi connectivity index (χ1v) is 10.5. The zero-order valence-electron chi connectivity index (χ0n) is 15.4. The number of phenolic OH excluding ortho intramolecular Hbond substituents is 1. The van der Waals surface area contributed by atoms with Crippen LogP contribution in [0.25, 0.3) is 0 Å². The fourth-order valence-electron chi connectivity index (χ4n) is 3.26. The van der Waals surface area contributed by atoms with Gasteiger partial charge in [0.1, 0.15) is 16.8 Å².